The van der Waals surface area contributed by atoms with Crippen molar-refractivity contribution in [1.29, 1.82) is 0 Å². The zero-order valence-electron chi connectivity index (χ0n) is 11.5. The SMILES string of the molecule is CN(Cc1ccccc1)C(=O)c1ccc(Cl)c(C(N)=O)c1. The molecule has 4 nitrogen and oxygen atoms in total. The third-order valence-electron chi connectivity index (χ3n) is 3.09. The third-order valence-corrected chi connectivity index (χ3v) is 3.42. The number of rotatable bonds is 4. The average Bonchev–Trinajstić information content (AvgIpc) is 2.47. The quantitative estimate of drug-likeness (QED) is 0.944. The topological polar surface area (TPSA) is 63.4 Å². The number of hydrogen-bond acceptors (Lipinski definition) is 2. The first-order valence-electron chi connectivity index (χ1n) is 6.38. The molecule has 0 saturated carbocycles. The molecule has 21 heavy (non-hydrogen) atoms. The Morgan fingerprint density at radius 1 is 1.14 bits per heavy atom. The van der Waals surface area contributed by atoms with Crippen LogP contribution in [0.2, 0.25) is 5.02 Å². The fraction of sp³-hybridized carbons (Fsp3) is 0.125. The van der Waals surface area contributed by atoms with Gasteiger partial charge in [0.2, 0.25) is 5.91 Å². The molecule has 0 radical (unpaired) electrons. The van der Waals surface area contributed by atoms with Gasteiger partial charge < -0.3 is 10.6 Å². The normalized spacial score (nSPS) is 10.2. The van der Waals surface area contributed by atoms with Crippen LogP contribution in [0.4, 0.5) is 0 Å². The van der Waals surface area contributed by atoms with Gasteiger partial charge in [0, 0.05) is 19.2 Å². The first-order valence-corrected chi connectivity index (χ1v) is 6.75. The van der Waals surface area contributed by atoms with E-state index in [4.69, 9.17) is 17.3 Å². The summed E-state index contributed by atoms with van der Waals surface area (Å²) in [5.74, 6) is -0.849. The number of carbonyl (C=O) groups excluding carboxylic acids is 2. The summed E-state index contributed by atoms with van der Waals surface area (Å²) >= 11 is 5.88. The van der Waals surface area contributed by atoms with E-state index in [1.807, 2.05) is 30.3 Å². The predicted molar refractivity (Wildman–Crippen MR) is 82.2 cm³/mol. The Balaban J connectivity index is 2.20. The Hall–Kier alpha value is -2.33. The Labute approximate surface area is 128 Å². The summed E-state index contributed by atoms with van der Waals surface area (Å²) in [5, 5.41) is 0.241. The van der Waals surface area contributed by atoms with E-state index < -0.39 is 5.91 Å². The molecule has 0 aliphatic rings. The van der Waals surface area contributed by atoms with Gasteiger partial charge in [0.1, 0.15) is 0 Å². The molecule has 0 atom stereocenters. The fourth-order valence-electron chi connectivity index (χ4n) is 2.00. The van der Waals surface area contributed by atoms with E-state index in [1.54, 1.807) is 18.0 Å². The minimum atomic E-state index is -0.652. The summed E-state index contributed by atoms with van der Waals surface area (Å²) in [5.41, 5.74) is 6.79. The number of benzene rings is 2. The van der Waals surface area contributed by atoms with E-state index in [1.165, 1.54) is 12.1 Å². The van der Waals surface area contributed by atoms with Gasteiger partial charge in [-0.3, -0.25) is 9.59 Å². The van der Waals surface area contributed by atoms with Crippen LogP contribution in [0.3, 0.4) is 0 Å². The maximum absolute atomic E-state index is 12.4. The van der Waals surface area contributed by atoms with Crippen LogP contribution >= 0.6 is 11.6 Å². The van der Waals surface area contributed by atoms with E-state index in [0.29, 0.717) is 12.1 Å². The van der Waals surface area contributed by atoms with Gasteiger partial charge in [-0.25, -0.2) is 0 Å². The average molecular weight is 303 g/mol. The van der Waals surface area contributed by atoms with Crippen LogP contribution in [0, 0.1) is 0 Å². The molecule has 2 amide bonds. The lowest BCUT2D eigenvalue weighted by molar-refractivity contribution is 0.0785. The monoisotopic (exact) mass is 302 g/mol. The first-order chi connectivity index (χ1) is 9.99. The number of nitrogens with zero attached hydrogens (tertiary/aromatic N) is 1. The highest BCUT2D eigenvalue weighted by Crippen LogP contribution is 2.18. The van der Waals surface area contributed by atoms with Gasteiger partial charge >= 0.3 is 0 Å². The van der Waals surface area contributed by atoms with Crippen LogP contribution in [-0.2, 0) is 6.54 Å². The number of halogens is 1. The summed E-state index contributed by atoms with van der Waals surface area (Å²) in [4.78, 5) is 25.2. The molecular weight excluding hydrogens is 288 g/mol. The van der Waals surface area contributed by atoms with Gasteiger partial charge in [-0.15, -0.1) is 0 Å². The van der Waals surface area contributed by atoms with E-state index in [0.717, 1.165) is 5.56 Å². The van der Waals surface area contributed by atoms with Gasteiger partial charge in [-0.1, -0.05) is 41.9 Å². The number of amides is 2. The molecule has 0 spiro atoms. The van der Waals surface area contributed by atoms with Crippen LogP contribution in [0.25, 0.3) is 0 Å². The van der Waals surface area contributed by atoms with E-state index >= 15 is 0 Å². The van der Waals surface area contributed by atoms with Crippen molar-refractivity contribution in [1.82, 2.24) is 4.90 Å². The molecule has 2 aromatic rings. The maximum atomic E-state index is 12.4. The van der Waals surface area contributed by atoms with Crippen molar-refractivity contribution in [3.63, 3.8) is 0 Å². The second-order valence-corrected chi connectivity index (χ2v) is 5.11. The highest BCUT2D eigenvalue weighted by Gasteiger charge is 2.15. The Morgan fingerprint density at radius 2 is 1.81 bits per heavy atom. The third kappa shape index (κ3) is 3.61. The van der Waals surface area contributed by atoms with E-state index in [2.05, 4.69) is 0 Å². The highest BCUT2D eigenvalue weighted by molar-refractivity contribution is 6.34. The molecule has 2 N–H and O–H groups in total. The molecule has 108 valence electrons. The molecule has 0 unspecified atom stereocenters. The highest BCUT2D eigenvalue weighted by atomic mass is 35.5. The van der Waals surface area contributed by atoms with Crippen molar-refractivity contribution in [3.05, 3.63) is 70.2 Å². The van der Waals surface area contributed by atoms with Crippen molar-refractivity contribution >= 4 is 23.4 Å². The molecule has 0 heterocycles. The molecule has 0 fully saturated rings. The smallest absolute Gasteiger partial charge is 0.253 e. The number of hydrogen-bond donors (Lipinski definition) is 1. The molecule has 0 bridgehead atoms. The van der Waals surface area contributed by atoms with Crippen molar-refractivity contribution in [2.75, 3.05) is 7.05 Å². The second-order valence-electron chi connectivity index (χ2n) is 4.71. The van der Waals surface area contributed by atoms with E-state index in [9.17, 15) is 9.59 Å². The van der Waals surface area contributed by atoms with Crippen LogP contribution in [-0.4, -0.2) is 23.8 Å². The minimum Gasteiger partial charge on any atom is -0.366 e. The largest absolute Gasteiger partial charge is 0.366 e. The summed E-state index contributed by atoms with van der Waals surface area (Å²) in [7, 11) is 1.70. The molecular formula is C16H15ClN2O2. The minimum absolute atomic E-state index is 0.149. The Kier molecular flexibility index (Phi) is 4.60. The Bertz CT molecular complexity index is 671. The molecule has 2 rings (SSSR count). The summed E-state index contributed by atoms with van der Waals surface area (Å²) in [6.07, 6.45) is 0. The van der Waals surface area contributed by atoms with Crippen molar-refractivity contribution in [2.45, 2.75) is 6.54 Å². The standard InChI is InChI=1S/C16H15ClN2O2/c1-19(10-11-5-3-2-4-6-11)16(21)12-7-8-14(17)13(9-12)15(18)20/h2-9H,10H2,1H3,(H2,18,20). The van der Waals surface area contributed by atoms with Gasteiger partial charge in [-0.2, -0.15) is 0 Å². The lowest BCUT2D eigenvalue weighted by atomic mass is 10.1. The van der Waals surface area contributed by atoms with Crippen molar-refractivity contribution in [2.24, 2.45) is 5.73 Å². The molecule has 0 aliphatic heterocycles. The van der Waals surface area contributed by atoms with Crippen molar-refractivity contribution < 1.29 is 9.59 Å². The summed E-state index contributed by atoms with van der Waals surface area (Å²) in [6.45, 7) is 0.480. The van der Waals surface area contributed by atoms with Gasteiger partial charge in [-0.05, 0) is 23.8 Å². The summed E-state index contributed by atoms with van der Waals surface area (Å²) < 4.78 is 0. The number of carbonyl (C=O) groups is 2. The fourth-order valence-corrected chi connectivity index (χ4v) is 2.21. The zero-order chi connectivity index (χ0) is 15.4. The molecule has 0 aromatic heterocycles. The Morgan fingerprint density at radius 3 is 2.43 bits per heavy atom. The van der Waals surface area contributed by atoms with Crippen LogP contribution in [0.15, 0.2) is 48.5 Å². The zero-order valence-corrected chi connectivity index (χ0v) is 12.3. The van der Waals surface area contributed by atoms with Crippen molar-refractivity contribution in [3.8, 4) is 0 Å². The molecule has 0 aliphatic carbocycles. The molecule has 5 heteroatoms. The van der Waals surface area contributed by atoms with Gasteiger partial charge in [0.05, 0.1) is 10.6 Å². The number of nitrogens with two attached hydrogens (primary N) is 1. The van der Waals surface area contributed by atoms with Gasteiger partial charge in [0.15, 0.2) is 0 Å². The van der Waals surface area contributed by atoms with Crippen LogP contribution in [0.1, 0.15) is 26.3 Å². The molecule has 2 aromatic carbocycles. The summed E-state index contributed by atoms with van der Waals surface area (Å²) in [6, 6.07) is 14.2. The van der Waals surface area contributed by atoms with E-state index in [-0.39, 0.29) is 16.5 Å². The molecule has 0 saturated heterocycles. The lowest BCUT2D eigenvalue weighted by Crippen LogP contribution is -2.26. The first kappa shape index (κ1) is 15.1. The second kappa shape index (κ2) is 6.41. The van der Waals surface area contributed by atoms with Crippen LogP contribution in [0.5, 0.6) is 0 Å². The van der Waals surface area contributed by atoms with Gasteiger partial charge in [0.25, 0.3) is 5.91 Å². The maximum Gasteiger partial charge on any atom is 0.253 e. The lowest BCUT2D eigenvalue weighted by Gasteiger charge is -2.17. The number of primary amides is 1. The predicted octanol–water partition coefficient (Wildman–Crippen LogP) is 2.71. The van der Waals surface area contributed by atoms with Crippen LogP contribution < -0.4 is 5.73 Å².